The molecule has 0 amide bonds. The number of carboxylic acid groups (broad SMARTS) is 1. The van der Waals surface area contributed by atoms with Crippen LogP contribution >= 0.6 is 0 Å². The number of hydrogen-bond donors (Lipinski definition) is 0. The molecule has 0 saturated heterocycles. The van der Waals surface area contributed by atoms with Crippen LogP contribution in [0.15, 0.2) is 30.3 Å². The van der Waals surface area contributed by atoms with E-state index < -0.39 is 5.97 Å². The van der Waals surface area contributed by atoms with Crippen molar-refractivity contribution < 1.29 is 83.2 Å². The van der Waals surface area contributed by atoms with Gasteiger partial charge in [0, 0.05) is 0 Å². The normalized spacial score (nSPS) is 9.62. The molecule has 1 aromatic carbocycles. The van der Waals surface area contributed by atoms with Crippen molar-refractivity contribution in [2.24, 2.45) is 0 Å². The maximum Gasteiger partial charge on any atom is 1.00 e. The summed E-state index contributed by atoms with van der Waals surface area (Å²) in [6.07, 6.45) is 2.24. The minimum absolute atomic E-state index is 0. The largest absolute Gasteiger partial charge is 1.00 e. The molecule has 0 aromatic heterocycles. The molecule has 0 aliphatic carbocycles. The Labute approximate surface area is 134 Å². The molecular weight excluding hydrogens is 292 g/mol. The molecule has 1 aromatic rings. The average Bonchev–Trinajstić information content (AvgIpc) is 2.03. The Morgan fingerprint density at radius 1 is 1.31 bits per heavy atom. The zero-order chi connectivity index (χ0) is 8.97. The summed E-state index contributed by atoms with van der Waals surface area (Å²) in [5, 5.41) is 9.97. The second-order valence-corrected chi connectivity index (χ2v) is 2.20. The van der Waals surface area contributed by atoms with Crippen LogP contribution in [0, 0.1) is 5.82 Å². The smallest absolute Gasteiger partial charge is 0.545 e. The molecule has 0 aliphatic rings. The van der Waals surface area contributed by atoms with Gasteiger partial charge in [0.2, 0.25) is 0 Å². The summed E-state index contributed by atoms with van der Waals surface area (Å²) in [4.78, 5) is 9.97. The molecular formula is C9H6CsFO2. The van der Waals surface area contributed by atoms with Gasteiger partial charge < -0.3 is 9.90 Å². The number of carbonyl (C=O) groups excluding carboxylic acids is 1. The van der Waals surface area contributed by atoms with Crippen LogP contribution < -0.4 is 74.0 Å². The van der Waals surface area contributed by atoms with E-state index in [2.05, 4.69) is 0 Å². The van der Waals surface area contributed by atoms with E-state index >= 15 is 0 Å². The summed E-state index contributed by atoms with van der Waals surface area (Å²) in [7, 11) is 0. The Morgan fingerprint density at radius 3 is 2.31 bits per heavy atom. The van der Waals surface area contributed by atoms with Gasteiger partial charge in [-0.15, -0.1) is 0 Å². The first-order chi connectivity index (χ1) is 5.68. The van der Waals surface area contributed by atoms with E-state index in [0.29, 0.717) is 5.56 Å². The Kier molecular flexibility index (Phi) is 7.02. The first kappa shape index (κ1) is 13.4. The Balaban J connectivity index is 0.00000144. The maximum atomic E-state index is 12.3. The van der Waals surface area contributed by atoms with Crippen molar-refractivity contribution in [1.29, 1.82) is 0 Å². The van der Waals surface area contributed by atoms with E-state index in [-0.39, 0.29) is 74.7 Å². The molecule has 13 heavy (non-hydrogen) atoms. The third-order valence-corrected chi connectivity index (χ3v) is 1.28. The topological polar surface area (TPSA) is 40.1 Å². The molecule has 62 valence electrons. The van der Waals surface area contributed by atoms with Gasteiger partial charge in [0.05, 0.1) is 5.97 Å². The monoisotopic (exact) mass is 298 g/mol. The van der Waals surface area contributed by atoms with E-state index in [4.69, 9.17) is 0 Å². The van der Waals surface area contributed by atoms with Crippen LogP contribution in [0.5, 0.6) is 0 Å². The van der Waals surface area contributed by atoms with Gasteiger partial charge in [-0.3, -0.25) is 0 Å². The van der Waals surface area contributed by atoms with Gasteiger partial charge in [-0.2, -0.15) is 0 Å². The number of carboxylic acids is 1. The van der Waals surface area contributed by atoms with Crippen LogP contribution in [0.2, 0.25) is 0 Å². The fourth-order valence-electron chi connectivity index (χ4n) is 0.738. The van der Waals surface area contributed by atoms with Crippen molar-refractivity contribution in [3.05, 3.63) is 41.7 Å². The number of hydrogen-bond acceptors (Lipinski definition) is 2. The summed E-state index contributed by atoms with van der Waals surface area (Å²) in [5.41, 5.74) is 0.626. The third-order valence-electron chi connectivity index (χ3n) is 1.28. The standard InChI is InChI=1S/C9H7FO2.Cs/c10-8-4-1-7(2-5-8)3-6-9(11)12;/h1-6H,(H,11,12);/q;+1/p-1. The van der Waals surface area contributed by atoms with Crippen molar-refractivity contribution in [2.75, 3.05) is 0 Å². The van der Waals surface area contributed by atoms with Gasteiger partial charge in [0.15, 0.2) is 0 Å². The van der Waals surface area contributed by atoms with E-state index in [1.807, 2.05) is 0 Å². The summed E-state index contributed by atoms with van der Waals surface area (Å²) in [6.45, 7) is 0. The fraction of sp³-hybridized carbons (Fsp3) is 0. The van der Waals surface area contributed by atoms with Gasteiger partial charge >= 0.3 is 68.9 Å². The zero-order valence-electron chi connectivity index (χ0n) is 7.16. The van der Waals surface area contributed by atoms with Crippen molar-refractivity contribution in [2.45, 2.75) is 0 Å². The molecule has 0 spiro atoms. The molecule has 0 aliphatic heterocycles. The first-order valence-electron chi connectivity index (χ1n) is 3.33. The molecule has 0 N–H and O–H groups in total. The van der Waals surface area contributed by atoms with Crippen LogP contribution in [0.1, 0.15) is 5.56 Å². The van der Waals surface area contributed by atoms with Crippen LogP contribution in [0.4, 0.5) is 4.39 Å². The van der Waals surface area contributed by atoms with E-state index in [1.165, 1.54) is 30.3 Å². The van der Waals surface area contributed by atoms with Crippen LogP contribution in [0.25, 0.3) is 6.08 Å². The second-order valence-electron chi connectivity index (χ2n) is 2.20. The molecule has 4 heteroatoms. The Hall–Kier alpha value is 0.412. The quantitative estimate of drug-likeness (QED) is 0.571. The van der Waals surface area contributed by atoms with Crippen molar-refractivity contribution >= 4 is 12.0 Å². The number of halogens is 1. The average molecular weight is 298 g/mol. The summed E-state index contributed by atoms with van der Waals surface area (Å²) < 4.78 is 12.3. The molecule has 0 radical (unpaired) electrons. The molecule has 0 heterocycles. The zero-order valence-corrected chi connectivity index (χ0v) is 13.4. The molecule has 0 atom stereocenters. The van der Waals surface area contributed by atoms with Gasteiger partial charge in [0.1, 0.15) is 5.82 Å². The maximum absolute atomic E-state index is 12.3. The molecule has 1 rings (SSSR count). The Morgan fingerprint density at radius 2 is 1.85 bits per heavy atom. The predicted molar refractivity (Wildman–Crippen MR) is 40.4 cm³/mol. The number of carbonyl (C=O) groups is 1. The van der Waals surface area contributed by atoms with E-state index in [0.717, 1.165) is 6.08 Å². The van der Waals surface area contributed by atoms with Crippen molar-refractivity contribution in [1.82, 2.24) is 0 Å². The number of aliphatic carboxylic acids is 1. The van der Waals surface area contributed by atoms with E-state index in [9.17, 15) is 14.3 Å². The Bertz CT molecular complexity index is 306. The molecule has 0 bridgehead atoms. The van der Waals surface area contributed by atoms with Crippen molar-refractivity contribution in [3.63, 3.8) is 0 Å². The predicted octanol–water partition coefficient (Wildman–Crippen LogP) is -2.41. The van der Waals surface area contributed by atoms with Crippen molar-refractivity contribution in [3.8, 4) is 0 Å². The molecule has 2 nitrogen and oxygen atoms in total. The van der Waals surface area contributed by atoms with E-state index in [1.54, 1.807) is 0 Å². The SMILES string of the molecule is O=C([O-])C=Cc1ccc(F)cc1.[Cs+]. The van der Waals surface area contributed by atoms with Gasteiger partial charge in [-0.25, -0.2) is 4.39 Å². The molecule has 0 unspecified atom stereocenters. The fourth-order valence-corrected chi connectivity index (χ4v) is 0.738. The minimum atomic E-state index is -1.26. The number of benzene rings is 1. The van der Waals surface area contributed by atoms with Gasteiger partial charge in [-0.05, 0) is 23.8 Å². The van der Waals surface area contributed by atoms with Crippen LogP contribution in [-0.2, 0) is 4.79 Å². The van der Waals surface area contributed by atoms with Gasteiger partial charge in [0.25, 0.3) is 0 Å². The summed E-state index contributed by atoms with van der Waals surface area (Å²) in [5.74, 6) is -1.61. The summed E-state index contributed by atoms with van der Waals surface area (Å²) >= 11 is 0. The molecule has 0 fully saturated rings. The van der Waals surface area contributed by atoms with Crippen LogP contribution in [0.3, 0.4) is 0 Å². The molecule has 0 saturated carbocycles. The third kappa shape index (κ3) is 5.66. The first-order valence-corrected chi connectivity index (χ1v) is 3.33. The minimum Gasteiger partial charge on any atom is -0.545 e. The summed E-state index contributed by atoms with van der Waals surface area (Å²) in [6, 6.07) is 5.48. The second kappa shape index (κ2) is 6.81. The van der Waals surface area contributed by atoms with Gasteiger partial charge in [-0.1, -0.05) is 18.2 Å². The number of rotatable bonds is 2. The van der Waals surface area contributed by atoms with Crippen LogP contribution in [-0.4, -0.2) is 5.97 Å².